The van der Waals surface area contributed by atoms with Crippen LogP contribution in [0.4, 0.5) is 0 Å². The fraction of sp³-hybridized carbons (Fsp3) is 0. The molecule has 0 N–H and O–H groups in total. The molecule has 0 aliphatic heterocycles. The Morgan fingerprint density at radius 3 is 0.762 bits per heavy atom. The topological polar surface area (TPSA) is 51.6 Å². The molecule has 0 amide bonds. The molecule has 2 heterocycles. The van der Waals surface area contributed by atoms with Gasteiger partial charge in [-0.15, -0.1) is 0 Å². The van der Waals surface area contributed by atoms with Crippen LogP contribution in [0.5, 0.6) is 0 Å². The van der Waals surface area contributed by atoms with Crippen molar-refractivity contribution < 1.29 is 0 Å². The van der Waals surface area contributed by atoms with Crippen molar-refractivity contribution in [3.05, 3.63) is 103 Å². The van der Waals surface area contributed by atoms with Crippen LogP contribution in [-0.2, 0) is 0 Å². The maximum Gasteiger partial charge on any atom is 0.0979 e. The maximum absolute atomic E-state index is 5.20. The van der Waals surface area contributed by atoms with Crippen molar-refractivity contribution in [2.75, 3.05) is 0 Å². The van der Waals surface area contributed by atoms with E-state index in [2.05, 4.69) is 137 Å². The Morgan fingerprint density at radius 1 is 0.286 bits per heavy atom. The van der Waals surface area contributed by atoms with Gasteiger partial charge in [-0.1, -0.05) is 88.0 Å². The van der Waals surface area contributed by atoms with E-state index in [1.807, 2.05) is 12.1 Å². The number of aromatic nitrogens is 4. The highest BCUT2D eigenvalue weighted by Crippen LogP contribution is 2.39. The van der Waals surface area contributed by atoms with Gasteiger partial charge in [0.2, 0.25) is 0 Å². The van der Waals surface area contributed by atoms with Gasteiger partial charge < -0.3 is 0 Å². The lowest BCUT2D eigenvalue weighted by molar-refractivity contribution is 1.38. The van der Waals surface area contributed by atoms with Gasteiger partial charge >= 0.3 is 0 Å². The van der Waals surface area contributed by atoms with Crippen molar-refractivity contribution in [1.29, 1.82) is 0 Å². The third kappa shape index (κ3) is 3.68. The van der Waals surface area contributed by atoms with E-state index in [4.69, 9.17) is 19.9 Å². The van der Waals surface area contributed by atoms with Crippen molar-refractivity contribution in [1.82, 2.24) is 19.9 Å². The summed E-state index contributed by atoms with van der Waals surface area (Å²) in [4.78, 5) is 20.8. The van der Waals surface area contributed by atoms with Crippen molar-refractivity contribution in [3.63, 3.8) is 0 Å². The van der Waals surface area contributed by atoms with E-state index in [1.54, 1.807) is 0 Å². The Morgan fingerprint density at radius 2 is 0.524 bits per heavy atom. The average molecular weight is 798 g/mol. The maximum atomic E-state index is 5.20. The molecule has 0 bridgehead atoms. The molecule has 7 aromatic carbocycles. The van der Waals surface area contributed by atoms with E-state index < -0.39 is 0 Å². The van der Waals surface area contributed by atoms with Crippen LogP contribution >= 0.6 is 63.7 Å². The van der Waals surface area contributed by atoms with E-state index in [-0.39, 0.29) is 0 Å². The number of halogens is 4. The van der Waals surface area contributed by atoms with Gasteiger partial charge in [-0.05, 0) is 82.2 Å². The van der Waals surface area contributed by atoms with Crippen LogP contribution in [-0.4, -0.2) is 19.9 Å². The van der Waals surface area contributed by atoms with Gasteiger partial charge in [-0.2, -0.15) is 0 Å². The lowest BCUT2D eigenvalue weighted by Gasteiger charge is -2.13. The van der Waals surface area contributed by atoms with Gasteiger partial charge in [0, 0.05) is 39.4 Å². The Bertz CT molecular complexity index is 2320. The first-order valence-corrected chi connectivity index (χ1v) is 16.3. The molecule has 0 fully saturated rings. The molecule has 8 heteroatoms. The summed E-state index contributed by atoms with van der Waals surface area (Å²) in [5.74, 6) is 0. The van der Waals surface area contributed by atoms with Gasteiger partial charge in [0.05, 0.1) is 44.1 Å². The molecule has 0 unspecified atom stereocenters. The summed E-state index contributed by atoms with van der Waals surface area (Å²) in [7, 11) is 0. The molecule has 2 aromatic heterocycles. The summed E-state index contributed by atoms with van der Waals surface area (Å²) in [6.07, 6.45) is 0. The molecule has 0 aliphatic rings. The number of benzene rings is 7. The van der Waals surface area contributed by atoms with Gasteiger partial charge in [-0.3, -0.25) is 0 Å². The van der Waals surface area contributed by atoms with Crippen LogP contribution in [0.25, 0.3) is 87.2 Å². The van der Waals surface area contributed by atoms with Gasteiger partial charge in [0.15, 0.2) is 0 Å². The van der Waals surface area contributed by atoms with Crippen LogP contribution in [0.3, 0.4) is 0 Å². The molecule has 0 atom stereocenters. The number of rotatable bonds is 0. The van der Waals surface area contributed by atoms with E-state index in [9.17, 15) is 0 Å². The van der Waals surface area contributed by atoms with Crippen LogP contribution < -0.4 is 0 Å². The van der Waals surface area contributed by atoms with Crippen molar-refractivity contribution in [2.24, 2.45) is 0 Å². The molecule has 0 aliphatic carbocycles. The fourth-order valence-electron chi connectivity index (χ4n) is 6.14. The first-order chi connectivity index (χ1) is 20.4. The Labute approximate surface area is 271 Å². The van der Waals surface area contributed by atoms with Crippen LogP contribution in [0.15, 0.2) is 103 Å². The second kappa shape index (κ2) is 9.10. The molecule has 198 valence electrons. The minimum absolute atomic E-state index is 0.793. The second-order valence-corrected chi connectivity index (χ2v) is 14.1. The second-order valence-electron chi connectivity index (χ2n) is 10.4. The highest BCUT2D eigenvalue weighted by molar-refractivity contribution is 9.11. The normalized spacial score (nSPS) is 12.3. The summed E-state index contributed by atoms with van der Waals surface area (Å²) in [6.45, 7) is 0. The fourth-order valence-corrected chi connectivity index (χ4v) is 7.59. The van der Waals surface area contributed by atoms with Crippen LogP contribution in [0.1, 0.15) is 0 Å². The number of hydrogen-bond donors (Lipinski definition) is 0. The Hall–Kier alpha value is -3.30. The van der Waals surface area contributed by atoms with E-state index >= 15 is 0 Å². The van der Waals surface area contributed by atoms with Crippen LogP contribution in [0, 0.1) is 0 Å². The lowest BCUT2D eigenvalue weighted by Crippen LogP contribution is -1.95. The summed E-state index contributed by atoms with van der Waals surface area (Å²) < 4.78 is 4.10. The Balaban J connectivity index is 1.43. The largest absolute Gasteiger partial charge is 0.244 e. The average Bonchev–Trinajstić information content (AvgIpc) is 2.98. The molecule has 9 aromatic rings. The first kappa shape index (κ1) is 25.2. The van der Waals surface area contributed by atoms with E-state index in [1.165, 1.54) is 0 Å². The summed E-state index contributed by atoms with van der Waals surface area (Å²) in [5.41, 5.74) is 6.67. The molecule has 4 nitrogen and oxygen atoms in total. The summed E-state index contributed by atoms with van der Waals surface area (Å²) in [5, 5.41) is 8.77. The zero-order valence-electron chi connectivity index (χ0n) is 21.4. The third-order valence-electron chi connectivity index (χ3n) is 7.98. The van der Waals surface area contributed by atoms with Crippen LogP contribution in [0.2, 0.25) is 0 Å². The van der Waals surface area contributed by atoms with E-state index in [0.717, 1.165) is 105 Å². The molecular formula is C34H14Br4N4. The minimum Gasteiger partial charge on any atom is -0.244 e. The molecule has 0 saturated carbocycles. The number of nitrogens with zero attached hydrogens (tertiary/aromatic N) is 4. The van der Waals surface area contributed by atoms with E-state index in [0.29, 0.717) is 0 Å². The molecule has 42 heavy (non-hydrogen) atoms. The molecular weight excluding hydrogens is 784 g/mol. The quantitative estimate of drug-likeness (QED) is 0.113. The highest BCUT2D eigenvalue weighted by atomic mass is 79.9. The van der Waals surface area contributed by atoms with Gasteiger partial charge in [0.25, 0.3) is 0 Å². The molecule has 0 radical (unpaired) electrons. The standard InChI is InChI=1S/C34H14Br4N4/c35-15-1-5-19-23(9-15)24-10-16(36)2-6-20(24)32-31(19)39-27-13-29-30(14-28(27)40-32)42-34-22-8-4-18(38)12-26(22)25-11-17(37)3-7-21(25)33(34)41-29/h1-14H. The summed E-state index contributed by atoms with van der Waals surface area (Å²) in [6, 6.07) is 29.4. The summed E-state index contributed by atoms with van der Waals surface area (Å²) >= 11 is 14.6. The predicted molar refractivity (Wildman–Crippen MR) is 188 cm³/mol. The van der Waals surface area contributed by atoms with Crippen molar-refractivity contribution in [2.45, 2.75) is 0 Å². The van der Waals surface area contributed by atoms with Crippen molar-refractivity contribution in [3.8, 4) is 0 Å². The third-order valence-corrected chi connectivity index (χ3v) is 9.95. The Kier molecular flexibility index (Phi) is 5.46. The zero-order valence-corrected chi connectivity index (χ0v) is 27.7. The first-order valence-electron chi connectivity index (χ1n) is 13.2. The molecule has 9 rings (SSSR count). The monoisotopic (exact) mass is 794 g/mol. The minimum atomic E-state index is 0.793. The van der Waals surface area contributed by atoms with Gasteiger partial charge in [0.1, 0.15) is 0 Å². The SMILES string of the molecule is Brc1ccc2c(c1)c1cc(Br)ccc1c1nc3cc4nc5c6ccc(Br)cc6c6cc(Br)ccc6c5nc4cc3nc21. The number of fused-ring (bicyclic) bond motifs is 14. The molecule has 0 saturated heterocycles. The van der Waals surface area contributed by atoms with Crippen molar-refractivity contribution >= 4 is 151 Å². The zero-order chi connectivity index (χ0) is 28.3. The van der Waals surface area contributed by atoms with Gasteiger partial charge in [-0.25, -0.2) is 19.9 Å². The molecule has 0 spiro atoms. The smallest absolute Gasteiger partial charge is 0.0979 e. The number of hydrogen-bond acceptors (Lipinski definition) is 4. The highest BCUT2D eigenvalue weighted by Gasteiger charge is 2.17. The lowest BCUT2D eigenvalue weighted by atomic mass is 9.99. The predicted octanol–water partition coefficient (Wildman–Crippen LogP) is 11.5.